The molecule has 0 aromatic heterocycles. The number of para-hydroxylation sites is 4. The summed E-state index contributed by atoms with van der Waals surface area (Å²) in [5.41, 5.74) is 6.71. The van der Waals surface area contributed by atoms with E-state index in [4.69, 9.17) is 18.9 Å². The molecule has 4 amide bonds. The van der Waals surface area contributed by atoms with Crippen LogP contribution in [0.15, 0.2) is 72.8 Å². The van der Waals surface area contributed by atoms with Crippen LogP contribution in [0.25, 0.3) is 0 Å². The summed E-state index contributed by atoms with van der Waals surface area (Å²) < 4.78 is 26.4. The number of amides is 4. The standard InChI is InChI=1S/C52H68N4O8/c1-9-53(10-2)45(57)33-61-49-37-21-17-22-38(49)30-40-24-19-26-42(51(40)63-35-47(59)55(13-5)14-6)32-44-28-20-27-43(52(44)64-36-48(60)56(15-7)16-8)31-41-25-18-23-39(29-37)50(41)62-34-46(58)54(11-3)12-4/h17-28H,9-16,29-36H2,1-8H3. The van der Waals surface area contributed by atoms with Gasteiger partial charge < -0.3 is 38.5 Å². The van der Waals surface area contributed by atoms with Crippen molar-refractivity contribution in [2.45, 2.75) is 81.1 Å². The molecule has 0 radical (unpaired) electrons. The number of nitrogens with zero attached hydrogens (tertiary/aromatic N) is 4. The van der Waals surface area contributed by atoms with Crippen LogP contribution in [0.5, 0.6) is 23.0 Å². The van der Waals surface area contributed by atoms with Gasteiger partial charge in [-0.25, -0.2) is 0 Å². The fourth-order valence-electron chi connectivity index (χ4n) is 8.43. The molecule has 0 saturated carbocycles. The summed E-state index contributed by atoms with van der Waals surface area (Å²) in [7, 11) is 0. The lowest BCUT2D eigenvalue weighted by molar-refractivity contribution is -0.133. The number of hydrogen-bond acceptors (Lipinski definition) is 8. The van der Waals surface area contributed by atoms with Crippen LogP contribution in [0.4, 0.5) is 0 Å². The molecular weight excluding hydrogens is 809 g/mol. The van der Waals surface area contributed by atoms with Crippen LogP contribution in [-0.2, 0) is 44.9 Å². The van der Waals surface area contributed by atoms with Gasteiger partial charge in [-0.05, 0) is 99.9 Å². The van der Waals surface area contributed by atoms with E-state index in [9.17, 15) is 19.2 Å². The molecular formula is C52H68N4O8. The molecule has 4 aromatic carbocycles. The number of ether oxygens (including phenoxy) is 4. The first-order chi connectivity index (χ1) is 31.0. The topological polar surface area (TPSA) is 118 Å². The smallest absolute Gasteiger partial charge is 0.260 e. The lowest BCUT2D eigenvalue weighted by atomic mass is 9.91. The van der Waals surface area contributed by atoms with Crippen LogP contribution in [0.2, 0.25) is 0 Å². The highest BCUT2D eigenvalue weighted by atomic mass is 16.5. The van der Waals surface area contributed by atoms with E-state index in [0.717, 1.165) is 44.5 Å². The molecule has 4 aromatic rings. The minimum absolute atomic E-state index is 0.118. The second kappa shape index (κ2) is 24.1. The number of carbonyl (C=O) groups excluding carboxylic acids is 4. The Balaban J connectivity index is 1.74. The average Bonchev–Trinajstić information content (AvgIpc) is 3.29. The van der Waals surface area contributed by atoms with Crippen molar-refractivity contribution in [3.05, 3.63) is 117 Å². The number of fused-ring (bicyclic) bond motifs is 8. The van der Waals surface area contributed by atoms with E-state index < -0.39 is 0 Å². The molecule has 1 aliphatic carbocycles. The molecule has 64 heavy (non-hydrogen) atoms. The van der Waals surface area contributed by atoms with Gasteiger partial charge in [0.05, 0.1) is 0 Å². The number of carbonyl (C=O) groups is 4. The zero-order valence-corrected chi connectivity index (χ0v) is 39.3. The Kier molecular flexibility index (Phi) is 18.5. The minimum Gasteiger partial charge on any atom is -0.483 e. The summed E-state index contributed by atoms with van der Waals surface area (Å²) in [5, 5.41) is 0. The van der Waals surface area contributed by atoms with Gasteiger partial charge >= 0.3 is 0 Å². The third kappa shape index (κ3) is 12.1. The maximum absolute atomic E-state index is 13.5. The number of likely N-dealkylation sites (N-methyl/N-ethyl adjacent to an activating group) is 4. The normalized spacial score (nSPS) is 11.9. The van der Waals surface area contributed by atoms with E-state index in [1.165, 1.54) is 0 Å². The van der Waals surface area contributed by atoms with E-state index in [1.54, 1.807) is 19.6 Å². The van der Waals surface area contributed by atoms with E-state index in [2.05, 4.69) is 0 Å². The molecule has 0 atom stereocenters. The molecule has 8 bridgehead atoms. The molecule has 12 nitrogen and oxygen atoms in total. The van der Waals surface area contributed by atoms with Gasteiger partial charge in [0, 0.05) is 78.0 Å². The molecule has 1 aliphatic rings. The van der Waals surface area contributed by atoms with Crippen molar-refractivity contribution in [2.24, 2.45) is 0 Å². The summed E-state index contributed by atoms with van der Waals surface area (Å²) in [5.74, 6) is 1.86. The Hall–Kier alpha value is -6.04. The first-order valence-corrected chi connectivity index (χ1v) is 23.1. The van der Waals surface area contributed by atoms with E-state index in [0.29, 0.717) is 101 Å². The molecule has 0 N–H and O–H groups in total. The van der Waals surface area contributed by atoms with Crippen molar-refractivity contribution in [3.63, 3.8) is 0 Å². The predicted octanol–water partition coefficient (Wildman–Crippen LogP) is 7.35. The summed E-state index contributed by atoms with van der Waals surface area (Å²) in [4.78, 5) is 60.8. The fourth-order valence-corrected chi connectivity index (χ4v) is 8.43. The molecule has 0 heterocycles. The van der Waals surface area contributed by atoms with Crippen LogP contribution in [0.3, 0.4) is 0 Å². The van der Waals surface area contributed by atoms with Gasteiger partial charge in [-0.15, -0.1) is 0 Å². The summed E-state index contributed by atoms with van der Waals surface area (Å²) in [6.45, 7) is 19.5. The molecule has 0 spiro atoms. The Morgan fingerprint density at radius 1 is 0.328 bits per heavy atom. The van der Waals surface area contributed by atoms with Crippen molar-refractivity contribution < 1.29 is 38.1 Å². The first-order valence-electron chi connectivity index (χ1n) is 23.1. The van der Waals surface area contributed by atoms with E-state index in [-0.39, 0.29) is 50.1 Å². The van der Waals surface area contributed by atoms with E-state index >= 15 is 0 Å². The van der Waals surface area contributed by atoms with Crippen LogP contribution < -0.4 is 18.9 Å². The monoisotopic (exact) mass is 877 g/mol. The van der Waals surface area contributed by atoms with Crippen LogP contribution in [0.1, 0.15) is 99.9 Å². The fraction of sp³-hybridized carbons (Fsp3) is 0.462. The van der Waals surface area contributed by atoms with Crippen molar-refractivity contribution in [1.29, 1.82) is 0 Å². The Morgan fingerprint density at radius 3 is 0.625 bits per heavy atom. The van der Waals surface area contributed by atoms with Gasteiger partial charge in [-0.2, -0.15) is 0 Å². The van der Waals surface area contributed by atoms with Gasteiger partial charge in [0.15, 0.2) is 26.4 Å². The predicted molar refractivity (Wildman–Crippen MR) is 251 cm³/mol. The highest BCUT2D eigenvalue weighted by molar-refractivity contribution is 5.79. The van der Waals surface area contributed by atoms with Crippen LogP contribution in [0, 0.1) is 0 Å². The average molecular weight is 877 g/mol. The van der Waals surface area contributed by atoms with Gasteiger partial charge in [0.2, 0.25) is 0 Å². The molecule has 0 aliphatic heterocycles. The Morgan fingerprint density at radius 2 is 0.484 bits per heavy atom. The molecule has 0 saturated heterocycles. The van der Waals surface area contributed by atoms with Gasteiger partial charge in [0.1, 0.15) is 23.0 Å². The van der Waals surface area contributed by atoms with Gasteiger partial charge in [-0.1, -0.05) is 72.8 Å². The molecule has 12 heteroatoms. The Labute approximate surface area is 380 Å². The lowest BCUT2D eigenvalue weighted by Gasteiger charge is -2.24. The third-order valence-corrected chi connectivity index (χ3v) is 12.1. The molecule has 0 unspecified atom stereocenters. The van der Waals surface area contributed by atoms with Gasteiger partial charge in [-0.3, -0.25) is 19.2 Å². The van der Waals surface area contributed by atoms with Gasteiger partial charge in [0.25, 0.3) is 23.6 Å². The quantitative estimate of drug-likeness (QED) is 0.0797. The second-order valence-electron chi connectivity index (χ2n) is 15.7. The first kappa shape index (κ1) is 49.0. The highest BCUT2D eigenvalue weighted by Crippen LogP contribution is 2.39. The zero-order chi connectivity index (χ0) is 46.2. The lowest BCUT2D eigenvalue weighted by Crippen LogP contribution is -2.35. The molecule has 0 fully saturated rings. The summed E-state index contributed by atoms with van der Waals surface area (Å²) >= 11 is 0. The second-order valence-corrected chi connectivity index (χ2v) is 15.7. The third-order valence-electron chi connectivity index (χ3n) is 12.1. The zero-order valence-electron chi connectivity index (χ0n) is 39.3. The van der Waals surface area contributed by atoms with Crippen molar-refractivity contribution in [2.75, 3.05) is 78.8 Å². The maximum atomic E-state index is 13.5. The summed E-state index contributed by atoms with van der Waals surface area (Å²) in [6.07, 6.45) is 1.48. The molecule has 5 rings (SSSR count). The highest BCUT2D eigenvalue weighted by Gasteiger charge is 2.25. The summed E-state index contributed by atoms with van der Waals surface area (Å²) in [6, 6.07) is 24.0. The Bertz CT molecular complexity index is 1820. The largest absolute Gasteiger partial charge is 0.483 e. The van der Waals surface area contributed by atoms with Crippen molar-refractivity contribution in [3.8, 4) is 23.0 Å². The number of rotatable bonds is 20. The van der Waals surface area contributed by atoms with Crippen LogP contribution in [-0.4, -0.2) is 122 Å². The van der Waals surface area contributed by atoms with Crippen molar-refractivity contribution in [1.82, 2.24) is 19.6 Å². The van der Waals surface area contributed by atoms with Crippen LogP contribution >= 0.6 is 0 Å². The maximum Gasteiger partial charge on any atom is 0.260 e. The number of benzene rings is 4. The van der Waals surface area contributed by atoms with E-state index in [1.807, 2.05) is 128 Å². The molecule has 344 valence electrons. The minimum atomic E-state index is -0.149. The SMILES string of the molecule is CCN(CC)C(=O)COc1c2cccc1Cc1cccc(c1OCC(=O)N(CC)CC)Cc1cccc(c1OCC(=O)N(CC)CC)Cc1cccc(c1OCC(=O)N(CC)CC)C2. The van der Waals surface area contributed by atoms with Crippen molar-refractivity contribution >= 4 is 23.6 Å². The number of hydrogen-bond donors (Lipinski definition) is 0.